The zero-order valence-corrected chi connectivity index (χ0v) is 42.4. The summed E-state index contributed by atoms with van der Waals surface area (Å²) in [6, 6.07) is 0. The molecule has 0 aromatic heterocycles. The molecule has 0 saturated carbocycles. The lowest BCUT2D eigenvalue weighted by molar-refractivity contribution is -0.508. The number of hydrogen-bond acceptors (Lipinski definition) is 27. The van der Waals surface area contributed by atoms with E-state index in [4.69, 9.17) is 85.3 Å². The minimum Gasteiger partial charge on any atom is -0.391 e. The third kappa shape index (κ3) is 8.40. The van der Waals surface area contributed by atoms with E-state index >= 15 is 0 Å². The quantitative estimate of drug-likeness (QED) is 0.0436. The molecule has 0 radical (unpaired) electrons. The summed E-state index contributed by atoms with van der Waals surface area (Å²) in [4.78, 5) is 0. The fourth-order valence-corrected chi connectivity index (χ4v) is 13.7. The molecule has 0 aromatic rings. The topological polar surface area (TPSA) is 348 Å². The molecule has 0 amide bonds. The van der Waals surface area contributed by atoms with E-state index in [1.165, 1.54) is 7.11 Å². The van der Waals surface area contributed by atoms with Crippen molar-refractivity contribution in [2.45, 2.75) is 172 Å². The summed E-state index contributed by atoms with van der Waals surface area (Å²) in [5, 5.41) is 97.6. The highest BCUT2D eigenvalue weighted by Gasteiger charge is 2.71. The Morgan fingerprint density at radius 3 is 1.21 bits per heavy atom. The second-order valence-corrected chi connectivity index (χ2v) is 22.9. The highest BCUT2D eigenvalue weighted by molar-refractivity contribution is 5.11. The lowest BCUT2D eigenvalue weighted by Gasteiger charge is -2.63. The molecular weight excluding hydrogens is 1010 g/mol. The van der Waals surface area contributed by atoms with Gasteiger partial charge in [-0.05, 0) is 13.8 Å². The molecule has 30 atom stereocenters. The number of aliphatic hydroxyl groups is 9. The molecule has 18 rings (SSSR count). The zero-order chi connectivity index (χ0) is 52.8. The first-order valence-electron chi connectivity index (χ1n) is 26.3. The van der Waals surface area contributed by atoms with Crippen molar-refractivity contribution in [3.8, 4) is 0 Å². The predicted molar refractivity (Wildman–Crippen MR) is 237 cm³/mol. The third-order valence-corrected chi connectivity index (χ3v) is 18.6. The first kappa shape index (κ1) is 54.5. The molecule has 12 bridgehead atoms. The minimum absolute atomic E-state index is 0.0163. The van der Waals surface area contributed by atoms with Gasteiger partial charge in [-0.3, -0.25) is 0 Å². The number of ether oxygens (including phenoxy) is 18. The lowest BCUT2D eigenvalue weighted by Crippen LogP contribution is -2.78. The van der Waals surface area contributed by atoms with Crippen LogP contribution in [0.5, 0.6) is 0 Å². The molecule has 428 valence electrons. The monoisotopic (exact) mass is 1080 g/mol. The summed E-state index contributed by atoms with van der Waals surface area (Å²) in [5.74, 6) is -10.1. The summed E-state index contributed by atoms with van der Waals surface area (Å²) in [7, 11) is 1.47. The molecular formula is C48H74O27. The van der Waals surface area contributed by atoms with E-state index in [1.54, 1.807) is 6.92 Å². The Morgan fingerprint density at radius 1 is 0.360 bits per heavy atom. The van der Waals surface area contributed by atoms with Crippen LogP contribution in [0.15, 0.2) is 0 Å². The Morgan fingerprint density at radius 2 is 0.733 bits per heavy atom. The van der Waals surface area contributed by atoms with Gasteiger partial charge in [-0.2, -0.15) is 0 Å². The molecule has 0 spiro atoms. The molecule has 18 saturated heterocycles. The van der Waals surface area contributed by atoms with Gasteiger partial charge in [0.15, 0.2) is 35.2 Å². The molecule has 0 aromatic carbocycles. The second-order valence-electron chi connectivity index (χ2n) is 22.9. The van der Waals surface area contributed by atoms with Gasteiger partial charge in [0.2, 0.25) is 5.79 Å². The van der Waals surface area contributed by atoms with Crippen molar-refractivity contribution in [3.63, 3.8) is 0 Å². The van der Waals surface area contributed by atoms with Crippen molar-refractivity contribution in [2.24, 2.45) is 35.5 Å². The molecule has 27 heteroatoms. The molecule has 9 N–H and O–H groups in total. The van der Waals surface area contributed by atoms with E-state index in [2.05, 4.69) is 0 Å². The average molecular weight is 1080 g/mol. The summed E-state index contributed by atoms with van der Waals surface area (Å²) in [5.41, 5.74) is 0. The van der Waals surface area contributed by atoms with Gasteiger partial charge in [0.05, 0.1) is 133 Å². The molecule has 18 aliphatic heterocycles. The Kier molecular flexibility index (Phi) is 14.4. The van der Waals surface area contributed by atoms with Crippen LogP contribution in [0, 0.1) is 35.5 Å². The van der Waals surface area contributed by atoms with Crippen molar-refractivity contribution >= 4 is 0 Å². The molecule has 18 heterocycles. The van der Waals surface area contributed by atoms with Crippen molar-refractivity contribution in [2.75, 3.05) is 93.0 Å². The first-order chi connectivity index (χ1) is 35.8. The first-order valence-corrected chi connectivity index (χ1v) is 26.3. The number of rotatable bonds is 24. The number of fused-ring (bicyclic) bond motifs is 12. The van der Waals surface area contributed by atoms with Gasteiger partial charge in [-0.15, -0.1) is 0 Å². The zero-order valence-electron chi connectivity index (χ0n) is 42.4. The van der Waals surface area contributed by atoms with E-state index in [0.717, 1.165) is 0 Å². The predicted octanol–water partition coefficient (Wildman–Crippen LogP) is -5.44. The standard InChI is InChI=1S/C48H74O27/c1-19-36-30(52)26(64-43(19,3)69-36)11-59-6-21-38-35(57)42(75-44(21,4)70-38)63-18-48-24(41(74-48)34(56)29(68-48)14-61-7-22-39-32(54)25(10-58-5)66-46(22,16-50)72-39)9-62-13-28-33(55)40-23(47(17-51,67-28)73-40)8-60-12-27-31(53)37-20(2)45(15-49,65-27)71-37/h19-42,49-57H,6-18H2,1-5H3/t19-,20-,21-,22-,23-,24-,25+,26+,27+,28+,29+,30?,31?,32?,33?,34?,35?,36+,37+,38+,39+,40+,41+,42-,43?,44?,45?,46?,47?,48?/m0/s1. The number of hydrogen-bond donors (Lipinski definition) is 9. The van der Waals surface area contributed by atoms with Gasteiger partial charge >= 0.3 is 0 Å². The van der Waals surface area contributed by atoms with Crippen molar-refractivity contribution in [1.82, 2.24) is 0 Å². The summed E-state index contributed by atoms with van der Waals surface area (Å²) < 4.78 is 108. The maximum absolute atomic E-state index is 11.7. The number of methoxy groups -OCH3 is 1. The fourth-order valence-electron chi connectivity index (χ4n) is 13.7. The van der Waals surface area contributed by atoms with Crippen LogP contribution >= 0.6 is 0 Å². The van der Waals surface area contributed by atoms with Crippen LogP contribution in [0.25, 0.3) is 0 Å². The maximum atomic E-state index is 11.7. The van der Waals surface area contributed by atoms with Crippen LogP contribution in [-0.2, 0) is 85.3 Å². The molecule has 0 aliphatic carbocycles. The van der Waals surface area contributed by atoms with Gasteiger partial charge in [0.1, 0.15) is 79.9 Å². The van der Waals surface area contributed by atoms with E-state index in [1.807, 2.05) is 20.8 Å². The van der Waals surface area contributed by atoms with E-state index < -0.39 is 176 Å². The van der Waals surface area contributed by atoms with Crippen molar-refractivity contribution < 1.29 is 131 Å². The van der Waals surface area contributed by atoms with Crippen LogP contribution in [0.3, 0.4) is 0 Å². The molecule has 12 unspecified atom stereocenters. The maximum Gasteiger partial charge on any atom is 0.200 e. The van der Waals surface area contributed by atoms with Crippen LogP contribution in [0.1, 0.15) is 27.7 Å². The fraction of sp³-hybridized carbons (Fsp3) is 1.00. The summed E-state index contributed by atoms with van der Waals surface area (Å²) >= 11 is 0. The Hall–Kier alpha value is -1.08. The normalized spacial score (nSPS) is 57.4. The molecule has 27 nitrogen and oxygen atoms in total. The van der Waals surface area contributed by atoms with Crippen LogP contribution < -0.4 is 0 Å². The Balaban J connectivity index is 0.665. The van der Waals surface area contributed by atoms with Gasteiger partial charge in [0, 0.05) is 18.9 Å². The SMILES string of the molecule is COC[C@H]1OC2(CO)O[C@@H](C1O)[C@@H]2COC[C@H]1OC2(CO[C@H]3OC4(C)O[C@@H](C3O)[C@@H]4COC[C@H]3OC4(C)O[C@@H](C3O)[C@@H]4C)O[C@@H](C1O)[C@@H]2COC[C@H]1OC2(CO)O[C@@H](C1O)[C@@H]2COC[C@H]1OC2(CO)O[C@@H](C1O)[C@@H]2C. The summed E-state index contributed by atoms with van der Waals surface area (Å²) in [6.07, 6.45) is -15.8. The van der Waals surface area contributed by atoms with Crippen molar-refractivity contribution in [3.05, 3.63) is 0 Å². The molecule has 18 aliphatic rings. The summed E-state index contributed by atoms with van der Waals surface area (Å²) in [6.45, 7) is 5.35. The largest absolute Gasteiger partial charge is 0.391 e. The van der Waals surface area contributed by atoms with Crippen molar-refractivity contribution in [1.29, 1.82) is 0 Å². The highest BCUT2D eigenvalue weighted by Crippen LogP contribution is 2.55. The van der Waals surface area contributed by atoms with Crippen LogP contribution in [0.4, 0.5) is 0 Å². The highest BCUT2D eigenvalue weighted by atomic mass is 16.8. The van der Waals surface area contributed by atoms with E-state index in [9.17, 15) is 46.0 Å². The minimum atomic E-state index is -1.58. The van der Waals surface area contributed by atoms with E-state index in [0.29, 0.717) is 0 Å². The number of aliphatic hydroxyl groups excluding tert-OH is 9. The van der Waals surface area contributed by atoms with Gasteiger partial charge in [-0.25, -0.2) is 0 Å². The smallest absolute Gasteiger partial charge is 0.200 e. The van der Waals surface area contributed by atoms with E-state index in [-0.39, 0.29) is 90.6 Å². The average Bonchev–Trinajstić information content (AvgIpc) is 3.39. The van der Waals surface area contributed by atoms with Gasteiger partial charge in [0.25, 0.3) is 0 Å². The molecule has 18 fully saturated rings. The second kappa shape index (κ2) is 19.8. The lowest BCUT2D eigenvalue weighted by atomic mass is 9.78. The van der Waals surface area contributed by atoms with Crippen LogP contribution in [0.2, 0.25) is 0 Å². The van der Waals surface area contributed by atoms with Gasteiger partial charge < -0.3 is 131 Å². The molecule has 75 heavy (non-hydrogen) atoms. The Bertz CT molecular complexity index is 2050. The van der Waals surface area contributed by atoms with Gasteiger partial charge in [-0.1, -0.05) is 13.8 Å². The van der Waals surface area contributed by atoms with Crippen LogP contribution in [-0.4, -0.2) is 284 Å². The third-order valence-electron chi connectivity index (χ3n) is 18.6. The Labute approximate surface area is 431 Å².